The van der Waals surface area contributed by atoms with Crippen molar-refractivity contribution in [2.45, 2.75) is 41.8 Å². The molecule has 1 heterocycles. The zero-order valence-corrected chi connectivity index (χ0v) is 21.9. The van der Waals surface area contributed by atoms with Gasteiger partial charge in [0.05, 0.1) is 11.0 Å². The zero-order chi connectivity index (χ0) is 25.5. The van der Waals surface area contributed by atoms with Crippen LogP contribution in [-0.4, -0.2) is 31.8 Å². The highest BCUT2D eigenvalue weighted by molar-refractivity contribution is 8.00. The van der Waals surface area contributed by atoms with E-state index in [4.69, 9.17) is 0 Å². The Morgan fingerprint density at radius 1 is 0.889 bits per heavy atom. The number of benzene rings is 3. The number of amides is 2. The van der Waals surface area contributed by atoms with Gasteiger partial charge in [0.15, 0.2) is 5.16 Å². The van der Waals surface area contributed by atoms with Crippen LogP contribution in [0.4, 0.5) is 11.4 Å². The highest BCUT2D eigenvalue weighted by atomic mass is 32.2. The van der Waals surface area contributed by atoms with Crippen LogP contribution in [0.25, 0.3) is 5.69 Å². The average Bonchev–Trinajstić information content (AvgIpc) is 3.27. The van der Waals surface area contributed by atoms with Crippen molar-refractivity contribution in [1.82, 2.24) is 14.8 Å². The number of anilines is 2. The molecule has 0 spiro atoms. The number of rotatable bonds is 9. The third-order valence-electron chi connectivity index (χ3n) is 5.23. The van der Waals surface area contributed by atoms with Gasteiger partial charge in [-0.1, -0.05) is 47.7 Å². The second-order valence-electron chi connectivity index (χ2n) is 8.18. The summed E-state index contributed by atoms with van der Waals surface area (Å²) in [6.45, 7) is 5.37. The van der Waals surface area contributed by atoms with Crippen molar-refractivity contribution in [3.63, 3.8) is 0 Å². The fourth-order valence-corrected chi connectivity index (χ4v) is 5.08. The van der Waals surface area contributed by atoms with Gasteiger partial charge in [0.2, 0.25) is 11.8 Å². The lowest BCUT2D eigenvalue weighted by Crippen LogP contribution is -2.23. The van der Waals surface area contributed by atoms with Crippen LogP contribution in [0.5, 0.6) is 0 Å². The Balaban J connectivity index is 1.48. The lowest BCUT2D eigenvalue weighted by Gasteiger charge is -2.14. The molecule has 1 aromatic heterocycles. The SMILES string of the molecule is CC(=O)Nc1ccc(NC(=O)C(C)Sc2nnc(CSc3ccc(C)cc3)n2-c2ccccc2)cc1. The number of carbonyl (C=O) groups is 2. The van der Waals surface area contributed by atoms with Gasteiger partial charge in [-0.25, -0.2) is 0 Å². The monoisotopic (exact) mass is 517 g/mol. The van der Waals surface area contributed by atoms with E-state index in [0.717, 1.165) is 16.4 Å². The summed E-state index contributed by atoms with van der Waals surface area (Å²) in [7, 11) is 0. The molecule has 0 aliphatic carbocycles. The summed E-state index contributed by atoms with van der Waals surface area (Å²) >= 11 is 3.06. The minimum absolute atomic E-state index is 0.143. The standard InChI is InChI=1S/C27H27N5O2S2/c1-18-9-15-24(16-10-18)35-17-25-30-31-27(32(25)23-7-5-4-6-8-23)36-19(2)26(34)29-22-13-11-21(12-14-22)28-20(3)33/h4-16,19H,17H2,1-3H3,(H,28,33)(H,29,34). The van der Waals surface area contributed by atoms with E-state index in [1.807, 2.05) is 41.8 Å². The molecular formula is C27H27N5O2S2. The quantitative estimate of drug-likeness (QED) is 0.267. The second kappa shape index (κ2) is 11.9. The van der Waals surface area contributed by atoms with Gasteiger partial charge < -0.3 is 10.6 Å². The van der Waals surface area contributed by atoms with Crippen LogP contribution >= 0.6 is 23.5 Å². The molecule has 1 atom stereocenters. The molecule has 1 unspecified atom stereocenters. The second-order valence-corrected chi connectivity index (χ2v) is 10.5. The summed E-state index contributed by atoms with van der Waals surface area (Å²) < 4.78 is 2.01. The van der Waals surface area contributed by atoms with E-state index in [1.165, 1.54) is 24.2 Å². The summed E-state index contributed by atoms with van der Waals surface area (Å²) in [5.74, 6) is 1.17. The van der Waals surface area contributed by atoms with Crippen LogP contribution in [0.3, 0.4) is 0 Å². The van der Waals surface area contributed by atoms with Gasteiger partial charge >= 0.3 is 0 Å². The van der Waals surface area contributed by atoms with E-state index >= 15 is 0 Å². The van der Waals surface area contributed by atoms with E-state index in [2.05, 4.69) is 52.0 Å². The first-order valence-corrected chi connectivity index (χ1v) is 13.3. The Bertz CT molecular complexity index is 1320. The molecular weight excluding hydrogens is 490 g/mol. The van der Waals surface area contributed by atoms with Crippen molar-refractivity contribution < 1.29 is 9.59 Å². The van der Waals surface area contributed by atoms with Crippen molar-refractivity contribution >= 4 is 46.7 Å². The molecule has 7 nitrogen and oxygen atoms in total. The molecule has 0 fully saturated rings. The molecule has 4 rings (SSSR count). The molecule has 2 N–H and O–H groups in total. The van der Waals surface area contributed by atoms with Gasteiger partial charge in [-0.15, -0.1) is 22.0 Å². The fourth-order valence-electron chi connectivity index (χ4n) is 3.38. The van der Waals surface area contributed by atoms with Gasteiger partial charge in [0.1, 0.15) is 5.82 Å². The maximum atomic E-state index is 12.9. The third kappa shape index (κ3) is 6.77. The van der Waals surface area contributed by atoms with E-state index in [-0.39, 0.29) is 11.8 Å². The molecule has 0 saturated carbocycles. The van der Waals surface area contributed by atoms with E-state index in [1.54, 1.807) is 36.0 Å². The van der Waals surface area contributed by atoms with Gasteiger partial charge in [-0.2, -0.15) is 0 Å². The Labute approximate surface area is 219 Å². The van der Waals surface area contributed by atoms with Crippen molar-refractivity contribution in [2.24, 2.45) is 0 Å². The predicted molar refractivity (Wildman–Crippen MR) is 147 cm³/mol. The van der Waals surface area contributed by atoms with Crippen molar-refractivity contribution in [1.29, 1.82) is 0 Å². The summed E-state index contributed by atoms with van der Waals surface area (Å²) in [5.41, 5.74) is 3.50. The van der Waals surface area contributed by atoms with Crippen LogP contribution in [0.15, 0.2) is 88.9 Å². The smallest absolute Gasteiger partial charge is 0.237 e. The molecule has 0 aliphatic rings. The lowest BCUT2D eigenvalue weighted by atomic mass is 10.2. The number of thioether (sulfide) groups is 2. The topological polar surface area (TPSA) is 88.9 Å². The number of nitrogens with one attached hydrogen (secondary N) is 2. The van der Waals surface area contributed by atoms with Crippen LogP contribution < -0.4 is 10.6 Å². The van der Waals surface area contributed by atoms with E-state index in [0.29, 0.717) is 22.3 Å². The minimum atomic E-state index is -0.413. The van der Waals surface area contributed by atoms with Crippen LogP contribution in [0, 0.1) is 6.92 Å². The Morgan fingerprint density at radius 2 is 1.53 bits per heavy atom. The average molecular weight is 518 g/mol. The largest absolute Gasteiger partial charge is 0.326 e. The van der Waals surface area contributed by atoms with Gasteiger partial charge in [-0.05, 0) is 62.4 Å². The van der Waals surface area contributed by atoms with Gasteiger partial charge in [0, 0.05) is 28.9 Å². The van der Waals surface area contributed by atoms with Gasteiger partial charge in [0.25, 0.3) is 0 Å². The lowest BCUT2D eigenvalue weighted by molar-refractivity contribution is -0.115. The molecule has 2 amide bonds. The number of aryl methyl sites for hydroxylation is 1. The Morgan fingerprint density at radius 3 is 2.17 bits per heavy atom. The van der Waals surface area contributed by atoms with Crippen LogP contribution in [0.1, 0.15) is 25.2 Å². The molecule has 9 heteroatoms. The Kier molecular flexibility index (Phi) is 8.45. The van der Waals surface area contributed by atoms with Gasteiger partial charge in [-0.3, -0.25) is 14.2 Å². The molecule has 0 radical (unpaired) electrons. The number of carbonyl (C=O) groups excluding carboxylic acids is 2. The number of para-hydroxylation sites is 1. The van der Waals surface area contributed by atoms with Crippen LogP contribution in [0.2, 0.25) is 0 Å². The summed E-state index contributed by atoms with van der Waals surface area (Å²) in [6, 6.07) is 25.3. The molecule has 0 saturated heterocycles. The molecule has 184 valence electrons. The first-order valence-electron chi connectivity index (χ1n) is 11.4. The number of hydrogen-bond donors (Lipinski definition) is 2. The molecule has 0 aliphatic heterocycles. The van der Waals surface area contributed by atoms with E-state index in [9.17, 15) is 9.59 Å². The predicted octanol–water partition coefficient (Wildman–Crippen LogP) is 5.95. The Hall–Kier alpha value is -3.56. The molecule has 0 bridgehead atoms. The summed E-state index contributed by atoms with van der Waals surface area (Å²) in [6.07, 6.45) is 0. The van der Waals surface area contributed by atoms with Crippen molar-refractivity contribution in [3.05, 3.63) is 90.3 Å². The number of nitrogens with zero attached hydrogens (tertiary/aromatic N) is 3. The summed E-state index contributed by atoms with van der Waals surface area (Å²) in [4.78, 5) is 25.3. The van der Waals surface area contributed by atoms with Crippen LogP contribution in [-0.2, 0) is 15.3 Å². The van der Waals surface area contributed by atoms with E-state index < -0.39 is 5.25 Å². The minimum Gasteiger partial charge on any atom is -0.326 e. The summed E-state index contributed by atoms with van der Waals surface area (Å²) in [5, 5.41) is 14.8. The highest BCUT2D eigenvalue weighted by Crippen LogP contribution is 2.30. The first-order chi connectivity index (χ1) is 17.4. The number of hydrogen-bond acceptors (Lipinski definition) is 6. The maximum absolute atomic E-state index is 12.9. The zero-order valence-electron chi connectivity index (χ0n) is 20.3. The third-order valence-corrected chi connectivity index (χ3v) is 7.28. The normalized spacial score (nSPS) is 11.6. The maximum Gasteiger partial charge on any atom is 0.237 e. The number of aromatic nitrogens is 3. The molecule has 3 aromatic carbocycles. The van der Waals surface area contributed by atoms with Crippen molar-refractivity contribution in [3.8, 4) is 5.69 Å². The first kappa shape index (κ1) is 25.5. The van der Waals surface area contributed by atoms with Crippen molar-refractivity contribution in [2.75, 3.05) is 10.6 Å². The highest BCUT2D eigenvalue weighted by Gasteiger charge is 2.21. The molecule has 4 aromatic rings. The molecule has 36 heavy (non-hydrogen) atoms. The fraction of sp³-hybridized carbons (Fsp3) is 0.185.